The molecular formula is C9H12F4N2O4. The fourth-order valence-corrected chi connectivity index (χ4v) is 0.909. The topological polar surface area (TPSA) is 95.5 Å². The van der Waals surface area contributed by atoms with Crippen molar-refractivity contribution in [1.29, 1.82) is 0 Å². The second kappa shape index (κ2) is 7.54. The molecule has 0 unspecified atom stereocenters. The van der Waals surface area contributed by atoms with Gasteiger partial charge in [-0.3, -0.25) is 14.9 Å². The molecule has 0 aromatic heterocycles. The minimum Gasteiger partial charge on any atom is -0.481 e. The molecule has 3 N–H and O–H groups in total. The fourth-order valence-electron chi connectivity index (χ4n) is 0.909. The van der Waals surface area contributed by atoms with Crippen LogP contribution in [0.2, 0.25) is 0 Å². The zero-order valence-electron chi connectivity index (χ0n) is 9.59. The molecule has 110 valence electrons. The van der Waals surface area contributed by atoms with Crippen LogP contribution in [0.3, 0.4) is 0 Å². The van der Waals surface area contributed by atoms with Crippen LogP contribution in [0.15, 0.2) is 0 Å². The molecule has 6 nitrogen and oxygen atoms in total. The average Bonchev–Trinajstić information content (AvgIpc) is 2.25. The molecule has 0 aromatic carbocycles. The number of carbonyl (C=O) groups is 3. The van der Waals surface area contributed by atoms with Crippen molar-refractivity contribution in [3.63, 3.8) is 0 Å². The molecule has 0 radical (unpaired) electrons. The molecule has 0 rings (SSSR count). The van der Waals surface area contributed by atoms with Crippen LogP contribution in [-0.4, -0.2) is 41.9 Å². The number of urea groups is 1. The summed E-state index contributed by atoms with van der Waals surface area (Å²) >= 11 is 0. The molecule has 19 heavy (non-hydrogen) atoms. The number of carboxylic acid groups (broad SMARTS) is 1. The highest BCUT2D eigenvalue weighted by atomic mass is 19.3. The Morgan fingerprint density at radius 2 is 1.74 bits per heavy atom. The number of hydrogen-bond acceptors (Lipinski definition) is 3. The first-order valence-corrected chi connectivity index (χ1v) is 5.10. The first-order chi connectivity index (χ1) is 8.65. The number of halogens is 4. The fraction of sp³-hybridized carbons (Fsp3) is 0.667. The Balaban J connectivity index is 3.92. The Morgan fingerprint density at radius 3 is 2.21 bits per heavy atom. The highest BCUT2D eigenvalue weighted by Gasteiger charge is 2.40. The minimum absolute atomic E-state index is 0.0400. The van der Waals surface area contributed by atoms with E-state index in [1.165, 1.54) is 5.32 Å². The molecule has 0 heterocycles. The van der Waals surface area contributed by atoms with E-state index in [4.69, 9.17) is 5.11 Å². The molecule has 0 bridgehead atoms. The molecule has 0 atom stereocenters. The van der Waals surface area contributed by atoms with Crippen LogP contribution >= 0.6 is 0 Å². The van der Waals surface area contributed by atoms with Crippen molar-refractivity contribution in [3.8, 4) is 0 Å². The number of carbonyl (C=O) groups excluding carboxylic acids is 2. The average molecular weight is 288 g/mol. The summed E-state index contributed by atoms with van der Waals surface area (Å²) < 4.78 is 48.2. The maximum Gasteiger partial charge on any atom is 0.324 e. The van der Waals surface area contributed by atoms with Crippen molar-refractivity contribution in [2.75, 3.05) is 6.54 Å². The van der Waals surface area contributed by atoms with Gasteiger partial charge in [-0.1, -0.05) is 0 Å². The Morgan fingerprint density at radius 1 is 1.16 bits per heavy atom. The summed E-state index contributed by atoms with van der Waals surface area (Å²) in [7, 11) is 0. The lowest BCUT2D eigenvalue weighted by Crippen LogP contribution is -2.46. The predicted octanol–water partition coefficient (Wildman–Crippen LogP) is 0.968. The number of hydrogen-bond donors (Lipinski definition) is 3. The molecule has 0 aliphatic rings. The summed E-state index contributed by atoms with van der Waals surface area (Å²) in [4.78, 5) is 32.0. The second-order valence-corrected chi connectivity index (χ2v) is 3.54. The van der Waals surface area contributed by atoms with Crippen LogP contribution in [0, 0.1) is 0 Å². The molecule has 0 saturated carbocycles. The monoisotopic (exact) mass is 288 g/mol. The largest absolute Gasteiger partial charge is 0.481 e. The Labute approximate surface area is 105 Å². The normalized spacial score (nSPS) is 11.2. The zero-order chi connectivity index (χ0) is 15.1. The Hall–Kier alpha value is -1.87. The van der Waals surface area contributed by atoms with E-state index in [0.29, 0.717) is 0 Å². The third kappa shape index (κ3) is 7.95. The van der Waals surface area contributed by atoms with E-state index in [0.717, 1.165) is 0 Å². The molecule has 0 saturated heterocycles. The van der Waals surface area contributed by atoms with Gasteiger partial charge in [-0.05, 0) is 6.42 Å². The summed E-state index contributed by atoms with van der Waals surface area (Å²) in [5.74, 6) is -6.41. The van der Waals surface area contributed by atoms with E-state index in [1.807, 2.05) is 0 Å². The van der Waals surface area contributed by atoms with Crippen LogP contribution in [0.25, 0.3) is 0 Å². The molecule has 0 aliphatic heterocycles. The summed E-state index contributed by atoms with van der Waals surface area (Å²) in [6.07, 6.45) is -4.57. The van der Waals surface area contributed by atoms with Gasteiger partial charge in [0.2, 0.25) is 5.91 Å². The van der Waals surface area contributed by atoms with Crippen molar-refractivity contribution in [2.24, 2.45) is 0 Å². The van der Waals surface area contributed by atoms with Gasteiger partial charge in [0.1, 0.15) is 0 Å². The number of aliphatic carboxylic acids is 1. The maximum absolute atomic E-state index is 12.4. The number of nitrogens with one attached hydrogen (secondary N) is 2. The lowest BCUT2D eigenvalue weighted by molar-refractivity contribution is -0.137. The summed E-state index contributed by atoms with van der Waals surface area (Å²) in [5, 5.41) is 11.3. The van der Waals surface area contributed by atoms with Crippen molar-refractivity contribution < 1.29 is 37.1 Å². The van der Waals surface area contributed by atoms with Gasteiger partial charge >= 0.3 is 24.3 Å². The lowest BCUT2D eigenvalue weighted by atomic mass is 10.2. The molecule has 0 fully saturated rings. The van der Waals surface area contributed by atoms with E-state index in [9.17, 15) is 31.9 Å². The SMILES string of the molecule is O=C(O)CCCC(=O)NC(=O)NCC(F)(F)C(F)F. The van der Waals surface area contributed by atoms with Gasteiger partial charge in [-0.15, -0.1) is 0 Å². The quantitative estimate of drug-likeness (QED) is 0.608. The molecule has 0 aromatic rings. The standard InChI is InChI=1S/C9H12F4N2O4/c10-7(11)9(12,13)4-14-8(19)15-5(16)2-1-3-6(17)18/h7H,1-4H2,(H,17,18)(H2,14,15,16,19). The van der Waals surface area contributed by atoms with Gasteiger partial charge in [0, 0.05) is 12.8 Å². The number of imide groups is 1. The van der Waals surface area contributed by atoms with E-state index >= 15 is 0 Å². The third-order valence-corrected chi connectivity index (χ3v) is 1.85. The van der Waals surface area contributed by atoms with Crippen LogP contribution in [0.1, 0.15) is 19.3 Å². The third-order valence-electron chi connectivity index (χ3n) is 1.85. The van der Waals surface area contributed by atoms with Gasteiger partial charge < -0.3 is 10.4 Å². The highest BCUT2D eigenvalue weighted by Crippen LogP contribution is 2.21. The lowest BCUT2D eigenvalue weighted by Gasteiger charge is -2.15. The van der Waals surface area contributed by atoms with Crippen molar-refractivity contribution >= 4 is 17.9 Å². The Bertz CT molecular complexity index is 349. The van der Waals surface area contributed by atoms with Crippen LogP contribution in [-0.2, 0) is 9.59 Å². The van der Waals surface area contributed by atoms with Crippen molar-refractivity contribution in [1.82, 2.24) is 10.6 Å². The number of amides is 3. The van der Waals surface area contributed by atoms with Gasteiger partial charge in [-0.2, -0.15) is 8.78 Å². The summed E-state index contributed by atoms with van der Waals surface area (Å²) in [6.45, 7) is -1.61. The molecule has 10 heteroatoms. The van der Waals surface area contributed by atoms with Crippen LogP contribution in [0.4, 0.5) is 22.4 Å². The molecule has 0 aliphatic carbocycles. The van der Waals surface area contributed by atoms with Gasteiger partial charge in [0.15, 0.2) is 0 Å². The van der Waals surface area contributed by atoms with E-state index in [1.54, 1.807) is 5.32 Å². The van der Waals surface area contributed by atoms with Gasteiger partial charge in [0.25, 0.3) is 0 Å². The molecular weight excluding hydrogens is 276 g/mol. The van der Waals surface area contributed by atoms with Crippen molar-refractivity contribution in [3.05, 3.63) is 0 Å². The predicted molar refractivity (Wildman–Crippen MR) is 54.0 cm³/mol. The first-order valence-electron chi connectivity index (χ1n) is 5.10. The van der Waals surface area contributed by atoms with E-state index in [-0.39, 0.29) is 19.3 Å². The second-order valence-electron chi connectivity index (χ2n) is 3.54. The smallest absolute Gasteiger partial charge is 0.324 e. The Kier molecular flexibility index (Phi) is 6.80. The highest BCUT2D eigenvalue weighted by molar-refractivity contribution is 5.94. The molecule has 3 amide bonds. The first kappa shape index (κ1) is 17.1. The van der Waals surface area contributed by atoms with E-state index in [2.05, 4.69) is 0 Å². The van der Waals surface area contributed by atoms with Crippen LogP contribution in [0.5, 0.6) is 0 Å². The van der Waals surface area contributed by atoms with Crippen LogP contribution < -0.4 is 10.6 Å². The summed E-state index contributed by atoms with van der Waals surface area (Å²) in [5.41, 5.74) is 0. The van der Waals surface area contributed by atoms with E-state index < -0.39 is 36.8 Å². The molecule has 0 spiro atoms. The minimum atomic E-state index is -4.39. The van der Waals surface area contributed by atoms with Gasteiger partial charge in [0.05, 0.1) is 6.54 Å². The number of carboxylic acids is 1. The zero-order valence-corrected chi connectivity index (χ0v) is 9.59. The maximum atomic E-state index is 12.4. The van der Waals surface area contributed by atoms with Crippen molar-refractivity contribution in [2.45, 2.75) is 31.6 Å². The number of alkyl halides is 4. The van der Waals surface area contributed by atoms with Gasteiger partial charge in [-0.25, -0.2) is 13.6 Å². The number of rotatable bonds is 7. The summed E-state index contributed by atoms with van der Waals surface area (Å²) in [6, 6.07) is -1.35.